The normalized spacial score (nSPS) is 21.3. The standard InChI is InChI=1S/C16H27N3/c1-2-5-14-6-4-10-19(11-8-14)13-15-7-3-9-18-16(15)12-17/h3,7,9,14H,2,4-6,8,10-13,17H2,1H3. The van der Waals surface area contributed by atoms with Crippen LogP contribution in [0.1, 0.15) is 50.3 Å². The van der Waals surface area contributed by atoms with E-state index in [0.29, 0.717) is 6.54 Å². The number of hydrogen-bond donors (Lipinski definition) is 1. The van der Waals surface area contributed by atoms with E-state index in [2.05, 4.69) is 22.9 Å². The summed E-state index contributed by atoms with van der Waals surface area (Å²) < 4.78 is 0. The molecule has 0 spiro atoms. The first-order valence-electron chi connectivity index (χ1n) is 7.68. The number of hydrogen-bond acceptors (Lipinski definition) is 3. The second-order valence-electron chi connectivity index (χ2n) is 5.68. The van der Waals surface area contributed by atoms with Gasteiger partial charge < -0.3 is 5.73 Å². The molecule has 2 heterocycles. The fourth-order valence-corrected chi connectivity index (χ4v) is 3.12. The molecule has 19 heavy (non-hydrogen) atoms. The molecular weight excluding hydrogens is 234 g/mol. The molecular formula is C16H27N3. The maximum absolute atomic E-state index is 5.77. The number of rotatable bonds is 5. The van der Waals surface area contributed by atoms with Gasteiger partial charge in [-0.1, -0.05) is 25.8 Å². The smallest absolute Gasteiger partial charge is 0.0584 e. The molecule has 0 aliphatic carbocycles. The summed E-state index contributed by atoms with van der Waals surface area (Å²) in [5.41, 5.74) is 8.12. The highest BCUT2D eigenvalue weighted by molar-refractivity contribution is 5.19. The molecule has 1 aromatic heterocycles. The molecule has 1 atom stereocenters. The Bertz CT molecular complexity index is 378. The molecule has 0 bridgehead atoms. The Kier molecular flexibility index (Phi) is 5.80. The molecule has 3 nitrogen and oxygen atoms in total. The van der Waals surface area contributed by atoms with Crippen LogP contribution in [0.4, 0.5) is 0 Å². The van der Waals surface area contributed by atoms with Crippen molar-refractivity contribution in [1.29, 1.82) is 0 Å². The van der Waals surface area contributed by atoms with Gasteiger partial charge in [0.25, 0.3) is 0 Å². The Hall–Kier alpha value is -0.930. The van der Waals surface area contributed by atoms with Crippen molar-refractivity contribution in [1.82, 2.24) is 9.88 Å². The second kappa shape index (κ2) is 7.61. The topological polar surface area (TPSA) is 42.2 Å². The maximum atomic E-state index is 5.77. The van der Waals surface area contributed by atoms with Gasteiger partial charge in [0.05, 0.1) is 5.69 Å². The molecule has 1 unspecified atom stereocenters. The minimum atomic E-state index is 0.544. The minimum Gasteiger partial charge on any atom is -0.325 e. The summed E-state index contributed by atoms with van der Waals surface area (Å²) in [5.74, 6) is 0.942. The molecule has 0 radical (unpaired) electrons. The van der Waals surface area contributed by atoms with Crippen LogP contribution < -0.4 is 5.73 Å². The van der Waals surface area contributed by atoms with Gasteiger partial charge >= 0.3 is 0 Å². The van der Waals surface area contributed by atoms with Crippen LogP contribution in [-0.2, 0) is 13.1 Å². The Morgan fingerprint density at radius 3 is 3.05 bits per heavy atom. The minimum absolute atomic E-state index is 0.544. The zero-order chi connectivity index (χ0) is 13.5. The van der Waals surface area contributed by atoms with Crippen LogP contribution in [0.3, 0.4) is 0 Å². The molecule has 0 amide bonds. The highest BCUT2D eigenvalue weighted by atomic mass is 15.1. The van der Waals surface area contributed by atoms with E-state index >= 15 is 0 Å². The lowest BCUT2D eigenvalue weighted by atomic mass is 9.96. The van der Waals surface area contributed by atoms with E-state index in [0.717, 1.165) is 18.2 Å². The molecule has 106 valence electrons. The number of nitrogens with two attached hydrogens (primary N) is 1. The SMILES string of the molecule is CCCC1CCCN(Cc2cccnc2CN)CC1. The van der Waals surface area contributed by atoms with E-state index in [9.17, 15) is 0 Å². The van der Waals surface area contributed by atoms with Gasteiger partial charge in [0, 0.05) is 19.3 Å². The highest BCUT2D eigenvalue weighted by Crippen LogP contribution is 2.23. The Balaban J connectivity index is 1.92. The quantitative estimate of drug-likeness (QED) is 0.886. The molecule has 1 aliphatic heterocycles. The van der Waals surface area contributed by atoms with Crippen LogP contribution in [-0.4, -0.2) is 23.0 Å². The number of pyridine rings is 1. The summed E-state index contributed by atoms with van der Waals surface area (Å²) in [5, 5.41) is 0. The molecule has 3 heteroatoms. The van der Waals surface area contributed by atoms with Gasteiger partial charge in [0.15, 0.2) is 0 Å². The number of aromatic nitrogens is 1. The molecule has 2 N–H and O–H groups in total. The van der Waals surface area contributed by atoms with Crippen molar-refractivity contribution in [3.05, 3.63) is 29.6 Å². The third-order valence-corrected chi connectivity index (χ3v) is 4.21. The summed E-state index contributed by atoms with van der Waals surface area (Å²) in [6, 6.07) is 4.19. The number of likely N-dealkylation sites (tertiary alicyclic amines) is 1. The van der Waals surface area contributed by atoms with Gasteiger partial charge in [-0.2, -0.15) is 0 Å². The average molecular weight is 261 g/mol. The van der Waals surface area contributed by atoms with E-state index in [4.69, 9.17) is 5.73 Å². The first-order chi connectivity index (χ1) is 9.33. The van der Waals surface area contributed by atoms with Gasteiger partial charge in [-0.3, -0.25) is 9.88 Å². The third kappa shape index (κ3) is 4.29. The van der Waals surface area contributed by atoms with Gasteiger partial charge in [-0.15, -0.1) is 0 Å². The zero-order valence-electron chi connectivity index (χ0n) is 12.1. The van der Waals surface area contributed by atoms with Gasteiger partial charge in [-0.25, -0.2) is 0 Å². The first-order valence-corrected chi connectivity index (χ1v) is 7.68. The average Bonchev–Trinajstić information content (AvgIpc) is 2.66. The summed E-state index contributed by atoms with van der Waals surface area (Å²) in [6.07, 6.45) is 8.65. The summed E-state index contributed by atoms with van der Waals surface area (Å²) in [7, 11) is 0. The summed E-state index contributed by atoms with van der Waals surface area (Å²) in [6.45, 7) is 6.30. The lowest BCUT2D eigenvalue weighted by Gasteiger charge is -2.21. The number of nitrogens with zero attached hydrogens (tertiary/aromatic N) is 2. The van der Waals surface area contributed by atoms with Crippen molar-refractivity contribution in [3.8, 4) is 0 Å². The molecule has 2 rings (SSSR count). The van der Waals surface area contributed by atoms with Gasteiger partial charge in [-0.05, 0) is 49.9 Å². The van der Waals surface area contributed by atoms with Crippen LogP contribution in [0.15, 0.2) is 18.3 Å². The Morgan fingerprint density at radius 1 is 1.37 bits per heavy atom. The van der Waals surface area contributed by atoms with Crippen LogP contribution in [0, 0.1) is 5.92 Å². The zero-order valence-corrected chi connectivity index (χ0v) is 12.1. The van der Waals surface area contributed by atoms with Crippen molar-refractivity contribution < 1.29 is 0 Å². The van der Waals surface area contributed by atoms with E-state index in [1.807, 2.05) is 12.3 Å². The largest absolute Gasteiger partial charge is 0.325 e. The second-order valence-corrected chi connectivity index (χ2v) is 5.68. The van der Waals surface area contributed by atoms with E-state index in [-0.39, 0.29) is 0 Å². The molecule has 1 aliphatic rings. The van der Waals surface area contributed by atoms with Crippen molar-refractivity contribution in [2.45, 2.75) is 52.1 Å². The Labute approximate surface area is 117 Å². The summed E-state index contributed by atoms with van der Waals surface area (Å²) >= 11 is 0. The molecule has 0 saturated carbocycles. The van der Waals surface area contributed by atoms with Gasteiger partial charge in [0.1, 0.15) is 0 Å². The van der Waals surface area contributed by atoms with Gasteiger partial charge in [0.2, 0.25) is 0 Å². The van der Waals surface area contributed by atoms with Crippen LogP contribution in [0.25, 0.3) is 0 Å². The van der Waals surface area contributed by atoms with Crippen molar-refractivity contribution >= 4 is 0 Å². The first kappa shape index (κ1) is 14.5. The fourth-order valence-electron chi connectivity index (χ4n) is 3.12. The Morgan fingerprint density at radius 2 is 2.26 bits per heavy atom. The molecule has 1 fully saturated rings. The van der Waals surface area contributed by atoms with Crippen molar-refractivity contribution in [2.24, 2.45) is 11.7 Å². The fraction of sp³-hybridized carbons (Fsp3) is 0.688. The van der Waals surface area contributed by atoms with Crippen LogP contribution in [0.5, 0.6) is 0 Å². The van der Waals surface area contributed by atoms with E-state index in [1.165, 1.54) is 50.8 Å². The van der Waals surface area contributed by atoms with Crippen LogP contribution in [0.2, 0.25) is 0 Å². The predicted octanol–water partition coefficient (Wildman–Crippen LogP) is 2.94. The molecule has 1 aromatic rings. The third-order valence-electron chi connectivity index (χ3n) is 4.21. The van der Waals surface area contributed by atoms with E-state index in [1.54, 1.807) is 0 Å². The summed E-state index contributed by atoms with van der Waals surface area (Å²) in [4.78, 5) is 6.95. The van der Waals surface area contributed by atoms with E-state index < -0.39 is 0 Å². The molecule has 0 aromatic carbocycles. The van der Waals surface area contributed by atoms with Crippen molar-refractivity contribution in [2.75, 3.05) is 13.1 Å². The maximum Gasteiger partial charge on any atom is 0.0584 e. The predicted molar refractivity (Wildman–Crippen MR) is 79.7 cm³/mol. The molecule has 1 saturated heterocycles. The lowest BCUT2D eigenvalue weighted by molar-refractivity contribution is 0.270. The monoisotopic (exact) mass is 261 g/mol. The van der Waals surface area contributed by atoms with Crippen molar-refractivity contribution in [3.63, 3.8) is 0 Å². The van der Waals surface area contributed by atoms with Crippen LogP contribution >= 0.6 is 0 Å². The highest BCUT2D eigenvalue weighted by Gasteiger charge is 2.17. The lowest BCUT2D eigenvalue weighted by Crippen LogP contribution is -2.25.